The number of nitrogens with one attached hydrogen (secondary N) is 2. The van der Waals surface area contributed by atoms with Gasteiger partial charge in [0.15, 0.2) is 5.65 Å². The van der Waals surface area contributed by atoms with Gasteiger partial charge < -0.3 is 10.6 Å². The maximum atomic E-state index is 11.5. The van der Waals surface area contributed by atoms with Gasteiger partial charge in [-0.25, -0.2) is 0 Å². The van der Waals surface area contributed by atoms with E-state index in [1.54, 1.807) is 12.1 Å². The average Bonchev–Trinajstić information content (AvgIpc) is 2.81. The van der Waals surface area contributed by atoms with Crippen molar-refractivity contribution in [3.63, 3.8) is 0 Å². The Morgan fingerprint density at radius 2 is 2.28 bits per heavy atom. The molecule has 0 aromatic carbocycles. The minimum Gasteiger partial charge on any atom is -0.360 e. The number of rotatable bonds is 5. The third kappa shape index (κ3) is 3.12. The molecule has 8 heteroatoms. The van der Waals surface area contributed by atoms with Gasteiger partial charge in [-0.3, -0.25) is 4.79 Å². The van der Waals surface area contributed by atoms with Crippen LogP contribution in [0.2, 0.25) is 0 Å². The molecule has 0 aliphatic rings. The van der Waals surface area contributed by atoms with Crippen LogP contribution in [0.4, 0.5) is 5.82 Å². The molecule has 0 fully saturated rings. The van der Waals surface area contributed by atoms with Crippen molar-refractivity contribution in [2.45, 2.75) is 13.8 Å². The summed E-state index contributed by atoms with van der Waals surface area (Å²) < 4.78 is 1.30. The second-order valence-corrected chi connectivity index (χ2v) is 4.30. The van der Waals surface area contributed by atoms with E-state index in [0.29, 0.717) is 23.9 Å². The molecule has 0 aliphatic carbocycles. The Labute approximate surface area is 104 Å². The summed E-state index contributed by atoms with van der Waals surface area (Å²) in [6.45, 7) is 4.93. The lowest BCUT2D eigenvalue weighted by Crippen LogP contribution is -2.32. The summed E-state index contributed by atoms with van der Waals surface area (Å²) in [5.41, 5.74) is 0.560. The lowest BCUT2D eigenvalue weighted by molar-refractivity contribution is -0.119. The number of amides is 1. The quantitative estimate of drug-likeness (QED) is 0.755. The van der Waals surface area contributed by atoms with E-state index in [1.165, 1.54) is 4.63 Å². The van der Waals surface area contributed by atoms with Gasteiger partial charge in [0.1, 0.15) is 5.82 Å². The first-order valence-electron chi connectivity index (χ1n) is 5.71. The lowest BCUT2D eigenvalue weighted by atomic mass is 10.2. The molecule has 2 rings (SSSR count). The molecule has 96 valence electrons. The van der Waals surface area contributed by atoms with Crippen LogP contribution < -0.4 is 10.6 Å². The number of hydrogen-bond acceptors (Lipinski definition) is 6. The van der Waals surface area contributed by atoms with Crippen LogP contribution in [0.5, 0.6) is 0 Å². The zero-order chi connectivity index (χ0) is 13.0. The Bertz CT molecular complexity index is 536. The van der Waals surface area contributed by atoms with Crippen LogP contribution in [0.25, 0.3) is 5.65 Å². The van der Waals surface area contributed by atoms with Crippen LogP contribution in [0.15, 0.2) is 12.1 Å². The molecule has 0 saturated carbocycles. The standard InChI is InChI=1S/C10H15N7O/c1-7(2)5-12-10(18)6-11-8-3-4-9-13-15-16-17(9)14-8/h3-4,7H,5-6H2,1-2H3,(H,11,14)(H,12,18). The number of tetrazole rings is 1. The lowest BCUT2D eigenvalue weighted by Gasteiger charge is -2.08. The smallest absolute Gasteiger partial charge is 0.239 e. The van der Waals surface area contributed by atoms with Crippen molar-refractivity contribution < 1.29 is 4.79 Å². The number of hydrogen-bond donors (Lipinski definition) is 2. The Morgan fingerprint density at radius 1 is 1.44 bits per heavy atom. The highest BCUT2D eigenvalue weighted by molar-refractivity contribution is 5.80. The fourth-order valence-electron chi connectivity index (χ4n) is 1.30. The largest absolute Gasteiger partial charge is 0.360 e. The van der Waals surface area contributed by atoms with E-state index in [9.17, 15) is 4.79 Å². The number of anilines is 1. The predicted molar refractivity (Wildman–Crippen MR) is 64.9 cm³/mol. The number of aromatic nitrogens is 5. The molecule has 0 aliphatic heterocycles. The van der Waals surface area contributed by atoms with Crippen LogP contribution >= 0.6 is 0 Å². The van der Waals surface area contributed by atoms with Crippen LogP contribution in [-0.4, -0.2) is 44.3 Å². The second kappa shape index (κ2) is 5.39. The summed E-state index contributed by atoms with van der Waals surface area (Å²) in [6, 6.07) is 3.45. The van der Waals surface area contributed by atoms with Crippen molar-refractivity contribution in [2.75, 3.05) is 18.4 Å². The Hall–Kier alpha value is -2.25. The molecule has 0 radical (unpaired) electrons. The Balaban J connectivity index is 1.87. The van der Waals surface area contributed by atoms with E-state index in [4.69, 9.17) is 0 Å². The van der Waals surface area contributed by atoms with Gasteiger partial charge in [0.2, 0.25) is 5.91 Å². The molecular formula is C10H15N7O. The molecule has 0 spiro atoms. The highest BCUT2D eigenvalue weighted by Crippen LogP contribution is 2.02. The fraction of sp³-hybridized carbons (Fsp3) is 0.500. The summed E-state index contributed by atoms with van der Waals surface area (Å²) in [5.74, 6) is 0.918. The molecule has 2 N–H and O–H groups in total. The van der Waals surface area contributed by atoms with Crippen molar-refractivity contribution in [3.8, 4) is 0 Å². The molecule has 2 heterocycles. The molecule has 18 heavy (non-hydrogen) atoms. The first-order valence-corrected chi connectivity index (χ1v) is 5.71. The van der Waals surface area contributed by atoms with Crippen LogP contribution in [0.3, 0.4) is 0 Å². The molecule has 2 aromatic rings. The minimum absolute atomic E-state index is 0.0673. The van der Waals surface area contributed by atoms with Gasteiger partial charge in [-0.1, -0.05) is 13.8 Å². The molecule has 0 unspecified atom stereocenters. The van der Waals surface area contributed by atoms with Crippen LogP contribution in [0, 0.1) is 5.92 Å². The Morgan fingerprint density at radius 3 is 3.06 bits per heavy atom. The van der Waals surface area contributed by atoms with E-state index >= 15 is 0 Å². The molecule has 0 bridgehead atoms. The van der Waals surface area contributed by atoms with Crippen molar-refractivity contribution >= 4 is 17.4 Å². The third-order valence-corrected chi connectivity index (χ3v) is 2.21. The van der Waals surface area contributed by atoms with E-state index in [0.717, 1.165) is 0 Å². The highest BCUT2D eigenvalue weighted by Gasteiger charge is 2.04. The number of fused-ring (bicyclic) bond motifs is 1. The Kier molecular flexibility index (Phi) is 3.66. The van der Waals surface area contributed by atoms with Gasteiger partial charge in [0.25, 0.3) is 0 Å². The molecule has 0 saturated heterocycles. The molecule has 1 amide bonds. The summed E-state index contributed by atoms with van der Waals surface area (Å²) in [4.78, 5) is 11.5. The fourth-order valence-corrected chi connectivity index (χ4v) is 1.30. The maximum Gasteiger partial charge on any atom is 0.239 e. The number of carbonyl (C=O) groups is 1. The van der Waals surface area contributed by atoms with Crippen molar-refractivity contribution in [1.29, 1.82) is 0 Å². The monoisotopic (exact) mass is 249 g/mol. The average molecular weight is 249 g/mol. The predicted octanol–water partition coefficient (Wildman–Crippen LogP) is -0.297. The van der Waals surface area contributed by atoms with E-state index in [2.05, 4.69) is 31.3 Å². The van der Waals surface area contributed by atoms with Crippen LogP contribution in [-0.2, 0) is 4.79 Å². The molecule has 2 aromatic heterocycles. The van der Waals surface area contributed by atoms with E-state index < -0.39 is 0 Å². The van der Waals surface area contributed by atoms with Gasteiger partial charge in [-0.2, -0.15) is 0 Å². The SMILES string of the molecule is CC(C)CNC(=O)CNc1ccc2nnnn2n1. The maximum absolute atomic E-state index is 11.5. The molecule has 0 atom stereocenters. The summed E-state index contributed by atoms with van der Waals surface area (Å²) in [7, 11) is 0. The van der Waals surface area contributed by atoms with Gasteiger partial charge >= 0.3 is 0 Å². The first-order chi connectivity index (χ1) is 8.65. The van der Waals surface area contributed by atoms with E-state index in [1.807, 2.05) is 13.8 Å². The van der Waals surface area contributed by atoms with E-state index in [-0.39, 0.29) is 12.5 Å². The van der Waals surface area contributed by atoms with Crippen molar-refractivity contribution in [2.24, 2.45) is 5.92 Å². The van der Waals surface area contributed by atoms with Crippen molar-refractivity contribution in [1.82, 2.24) is 30.6 Å². The molecular weight excluding hydrogens is 234 g/mol. The van der Waals surface area contributed by atoms with Crippen LogP contribution in [0.1, 0.15) is 13.8 Å². The first kappa shape index (κ1) is 12.2. The number of nitrogens with zero attached hydrogens (tertiary/aromatic N) is 5. The summed E-state index contributed by atoms with van der Waals surface area (Å²) in [5, 5.41) is 20.7. The van der Waals surface area contributed by atoms with Gasteiger partial charge in [0.05, 0.1) is 6.54 Å². The third-order valence-electron chi connectivity index (χ3n) is 2.21. The topological polar surface area (TPSA) is 97.1 Å². The zero-order valence-electron chi connectivity index (χ0n) is 10.3. The number of carbonyl (C=O) groups excluding carboxylic acids is 1. The molecule has 8 nitrogen and oxygen atoms in total. The summed E-state index contributed by atoms with van der Waals surface area (Å²) >= 11 is 0. The van der Waals surface area contributed by atoms with Gasteiger partial charge in [-0.05, 0) is 28.5 Å². The minimum atomic E-state index is -0.0673. The summed E-state index contributed by atoms with van der Waals surface area (Å²) in [6.07, 6.45) is 0. The van der Waals surface area contributed by atoms with Gasteiger partial charge in [-0.15, -0.1) is 14.8 Å². The normalized spacial score (nSPS) is 10.8. The van der Waals surface area contributed by atoms with Crippen molar-refractivity contribution in [3.05, 3.63) is 12.1 Å². The zero-order valence-corrected chi connectivity index (χ0v) is 10.3. The van der Waals surface area contributed by atoms with Gasteiger partial charge in [0, 0.05) is 6.54 Å². The second-order valence-electron chi connectivity index (χ2n) is 4.30. The highest BCUT2D eigenvalue weighted by atomic mass is 16.1.